The molecule has 0 bridgehead atoms. The summed E-state index contributed by atoms with van der Waals surface area (Å²) >= 11 is 11.0. The topological polar surface area (TPSA) is 59.9 Å². The summed E-state index contributed by atoms with van der Waals surface area (Å²) < 4.78 is 22.3. The zero-order valence-corrected chi connectivity index (χ0v) is 8.99. The van der Waals surface area contributed by atoms with Gasteiger partial charge in [-0.1, -0.05) is 0 Å². The predicted molar refractivity (Wildman–Crippen MR) is 49.7 cm³/mol. The number of aromatic nitrogens is 2. The van der Waals surface area contributed by atoms with Gasteiger partial charge in [-0.3, -0.25) is 0 Å². The van der Waals surface area contributed by atoms with Crippen molar-refractivity contribution in [2.24, 2.45) is 0 Å². The Kier molecular flexibility index (Phi) is 3.10. The number of rotatable bonds is 2. The molecular weight excluding hydrogens is 235 g/mol. The van der Waals surface area contributed by atoms with Gasteiger partial charge in [-0.05, 0) is 11.6 Å². The lowest BCUT2D eigenvalue weighted by atomic mass is 10.4. The van der Waals surface area contributed by atoms with Gasteiger partial charge in [0.2, 0.25) is 5.28 Å². The molecule has 0 spiro atoms. The van der Waals surface area contributed by atoms with E-state index in [9.17, 15) is 8.42 Å². The SMILES string of the molecule is CS(=O)(=O)c1nc(Cl)ncc1CCl. The van der Waals surface area contributed by atoms with Crippen molar-refractivity contribution in [3.63, 3.8) is 0 Å². The Hall–Kier alpha value is -0.390. The standard InChI is InChI=1S/C6H6Cl2N2O2S/c1-13(11,12)5-4(2-7)3-9-6(8)10-5/h3H,2H2,1H3. The van der Waals surface area contributed by atoms with Crippen molar-refractivity contribution in [2.75, 3.05) is 6.26 Å². The molecule has 0 aliphatic carbocycles. The van der Waals surface area contributed by atoms with Crippen LogP contribution in [0.15, 0.2) is 11.2 Å². The fourth-order valence-corrected chi connectivity index (χ4v) is 2.10. The van der Waals surface area contributed by atoms with Gasteiger partial charge in [-0.2, -0.15) is 0 Å². The Balaban J connectivity index is 3.41. The van der Waals surface area contributed by atoms with E-state index in [2.05, 4.69) is 9.97 Å². The minimum absolute atomic E-state index is 0.0412. The molecule has 1 aromatic heterocycles. The van der Waals surface area contributed by atoms with Crippen LogP contribution in [0.3, 0.4) is 0 Å². The zero-order chi connectivity index (χ0) is 10.1. The smallest absolute Gasteiger partial charge is 0.223 e. The first kappa shape index (κ1) is 10.7. The van der Waals surface area contributed by atoms with Gasteiger partial charge in [0, 0.05) is 18.0 Å². The summed E-state index contributed by atoms with van der Waals surface area (Å²) in [5, 5.41) is -0.211. The average Bonchev–Trinajstić information content (AvgIpc) is 2.03. The van der Waals surface area contributed by atoms with Crippen molar-refractivity contribution in [3.05, 3.63) is 17.0 Å². The van der Waals surface area contributed by atoms with Crippen molar-refractivity contribution < 1.29 is 8.42 Å². The molecule has 0 N–H and O–H groups in total. The van der Waals surface area contributed by atoms with E-state index in [1.807, 2.05) is 0 Å². The van der Waals surface area contributed by atoms with Gasteiger partial charge < -0.3 is 0 Å². The molecule has 0 amide bonds. The van der Waals surface area contributed by atoms with Crippen LogP contribution in [0.25, 0.3) is 0 Å². The van der Waals surface area contributed by atoms with E-state index >= 15 is 0 Å². The molecule has 1 heterocycles. The summed E-state index contributed by atoms with van der Waals surface area (Å²) in [7, 11) is -3.39. The molecule has 13 heavy (non-hydrogen) atoms. The Bertz CT molecular complexity index is 419. The molecule has 0 aliphatic rings. The lowest BCUT2D eigenvalue weighted by molar-refractivity contribution is 0.596. The molecule has 0 saturated carbocycles. The maximum Gasteiger partial charge on any atom is 0.223 e. The normalized spacial score (nSPS) is 11.6. The molecule has 72 valence electrons. The third-order valence-electron chi connectivity index (χ3n) is 1.29. The first-order valence-electron chi connectivity index (χ1n) is 3.22. The van der Waals surface area contributed by atoms with Crippen LogP contribution in [0.1, 0.15) is 5.56 Å². The van der Waals surface area contributed by atoms with E-state index in [-0.39, 0.29) is 16.2 Å². The summed E-state index contributed by atoms with van der Waals surface area (Å²) in [5.41, 5.74) is 0.355. The number of hydrogen-bond acceptors (Lipinski definition) is 4. The van der Waals surface area contributed by atoms with Crippen LogP contribution in [0, 0.1) is 0 Å². The molecule has 0 saturated heterocycles. The second-order valence-electron chi connectivity index (χ2n) is 2.38. The minimum Gasteiger partial charge on any atom is -0.226 e. The van der Waals surface area contributed by atoms with Crippen LogP contribution < -0.4 is 0 Å². The third kappa shape index (κ3) is 2.52. The number of sulfone groups is 1. The molecular formula is C6H6Cl2N2O2S. The third-order valence-corrected chi connectivity index (χ3v) is 2.82. The van der Waals surface area contributed by atoms with E-state index in [0.717, 1.165) is 6.26 Å². The molecule has 0 radical (unpaired) electrons. The molecule has 0 unspecified atom stereocenters. The highest BCUT2D eigenvalue weighted by molar-refractivity contribution is 7.90. The molecule has 0 aliphatic heterocycles. The Labute approximate surface area is 85.8 Å². The van der Waals surface area contributed by atoms with Crippen molar-refractivity contribution in [1.29, 1.82) is 0 Å². The number of halogens is 2. The lowest BCUT2D eigenvalue weighted by Gasteiger charge is -2.02. The Morgan fingerprint density at radius 2 is 2.15 bits per heavy atom. The van der Waals surface area contributed by atoms with Crippen LogP contribution in [-0.4, -0.2) is 24.6 Å². The summed E-state index contributed by atoms with van der Waals surface area (Å²) in [4.78, 5) is 7.23. The first-order chi connectivity index (χ1) is 5.95. The molecule has 4 nitrogen and oxygen atoms in total. The summed E-state index contributed by atoms with van der Waals surface area (Å²) in [6, 6.07) is 0. The highest BCUT2D eigenvalue weighted by Gasteiger charge is 2.15. The second-order valence-corrected chi connectivity index (χ2v) is 4.91. The molecule has 0 fully saturated rings. The van der Waals surface area contributed by atoms with Crippen LogP contribution in [0.4, 0.5) is 0 Å². The lowest BCUT2D eigenvalue weighted by Crippen LogP contribution is -2.05. The highest BCUT2D eigenvalue weighted by atomic mass is 35.5. The van der Waals surface area contributed by atoms with Crippen LogP contribution >= 0.6 is 23.2 Å². The number of hydrogen-bond donors (Lipinski definition) is 0. The monoisotopic (exact) mass is 240 g/mol. The van der Waals surface area contributed by atoms with Crippen molar-refractivity contribution >= 4 is 33.0 Å². The van der Waals surface area contributed by atoms with Crippen molar-refractivity contribution in [1.82, 2.24) is 9.97 Å². The maximum absolute atomic E-state index is 11.2. The minimum atomic E-state index is -3.39. The maximum atomic E-state index is 11.2. The Morgan fingerprint density at radius 3 is 2.62 bits per heavy atom. The van der Waals surface area contributed by atoms with Gasteiger partial charge in [-0.15, -0.1) is 11.6 Å². The zero-order valence-electron chi connectivity index (χ0n) is 6.66. The van der Waals surface area contributed by atoms with E-state index < -0.39 is 9.84 Å². The number of alkyl halides is 1. The van der Waals surface area contributed by atoms with E-state index in [1.54, 1.807) is 0 Å². The van der Waals surface area contributed by atoms with E-state index in [0.29, 0.717) is 5.56 Å². The molecule has 0 aromatic carbocycles. The summed E-state index contributed by atoms with van der Waals surface area (Å²) in [5.74, 6) is 0.0412. The molecule has 1 rings (SSSR count). The van der Waals surface area contributed by atoms with Crippen LogP contribution in [-0.2, 0) is 15.7 Å². The van der Waals surface area contributed by atoms with Gasteiger partial charge in [0.05, 0.1) is 5.88 Å². The number of nitrogens with zero attached hydrogens (tertiary/aromatic N) is 2. The molecule has 0 atom stereocenters. The van der Waals surface area contributed by atoms with E-state index in [1.165, 1.54) is 6.20 Å². The van der Waals surface area contributed by atoms with Crippen molar-refractivity contribution in [2.45, 2.75) is 10.9 Å². The van der Waals surface area contributed by atoms with Gasteiger partial charge in [0.15, 0.2) is 14.9 Å². The molecule has 7 heteroatoms. The Morgan fingerprint density at radius 1 is 1.54 bits per heavy atom. The second kappa shape index (κ2) is 3.77. The van der Waals surface area contributed by atoms with Gasteiger partial charge in [-0.25, -0.2) is 18.4 Å². The van der Waals surface area contributed by atoms with Gasteiger partial charge >= 0.3 is 0 Å². The van der Waals surface area contributed by atoms with Gasteiger partial charge in [0.1, 0.15) is 0 Å². The average molecular weight is 241 g/mol. The van der Waals surface area contributed by atoms with Crippen LogP contribution in [0.2, 0.25) is 5.28 Å². The van der Waals surface area contributed by atoms with E-state index in [4.69, 9.17) is 23.2 Å². The van der Waals surface area contributed by atoms with Crippen molar-refractivity contribution in [3.8, 4) is 0 Å². The summed E-state index contributed by atoms with van der Waals surface area (Å²) in [6.07, 6.45) is 2.35. The fraction of sp³-hybridized carbons (Fsp3) is 0.333. The quantitative estimate of drug-likeness (QED) is 0.444. The first-order valence-corrected chi connectivity index (χ1v) is 6.03. The molecule has 1 aromatic rings. The van der Waals surface area contributed by atoms with Gasteiger partial charge in [0.25, 0.3) is 0 Å². The summed E-state index contributed by atoms with van der Waals surface area (Å²) in [6.45, 7) is 0. The van der Waals surface area contributed by atoms with Crippen LogP contribution in [0.5, 0.6) is 0 Å². The fourth-order valence-electron chi connectivity index (χ4n) is 0.784. The largest absolute Gasteiger partial charge is 0.226 e. The predicted octanol–water partition coefficient (Wildman–Crippen LogP) is 1.27. The highest BCUT2D eigenvalue weighted by Crippen LogP contribution is 2.15.